The van der Waals surface area contributed by atoms with Crippen molar-refractivity contribution in [2.75, 3.05) is 0 Å². The van der Waals surface area contributed by atoms with Gasteiger partial charge in [-0.1, -0.05) is 121 Å². The van der Waals surface area contributed by atoms with E-state index >= 15 is 0 Å². The van der Waals surface area contributed by atoms with E-state index in [-0.39, 0.29) is 5.75 Å². The zero-order valence-corrected chi connectivity index (χ0v) is 28.5. The Balaban J connectivity index is 1.27. The van der Waals surface area contributed by atoms with E-state index in [1.165, 1.54) is 0 Å². The van der Waals surface area contributed by atoms with Gasteiger partial charge in [0.1, 0.15) is 22.7 Å². The van der Waals surface area contributed by atoms with Crippen LogP contribution in [0.2, 0.25) is 0 Å². The fourth-order valence-corrected chi connectivity index (χ4v) is 7.51. The summed E-state index contributed by atoms with van der Waals surface area (Å²) in [5.41, 5.74) is 12.9. The van der Waals surface area contributed by atoms with Crippen LogP contribution in [0.25, 0.3) is 94.7 Å². The predicted molar refractivity (Wildman–Crippen MR) is 215 cm³/mol. The molecule has 10 aromatic rings. The van der Waals surface area contributed by atoms with Crippen LogP contribution in [0.1, 0.15) is 0 Å². The molecule has 0 aliphatic rings. The summed E-state index contributed by atoms with van der Waals surface area (Å²) in [6.07, 6.45) is 1.88. The van der Waals surface area contributed by atoms with Crippen LogP contribution in [0.4, 0.5) is 0 Å². The van der Waals surface area contributed by atoms with E-state index in [0.717, 1.165) is 83.3 Å². The van der Waals surface area contributed by atoms with Gasteiger partial charge in [0.15, 0.2) is 0 Å². The third-order valence-corrected chi connectivity index (χ3v) is 9.99. The average molecular weight is 682 g/mol. The van der Waals surface area contributed by atoms with E-state index in [0.29, 0.717) is 11.4 Å². The fraction of sp³-hybridized carbons (Fsp3) is 0. The van der Waals surface area contributed by atoms with Gasteiger partial charge in [0, 0.05) is 39.2 Å². The number of aromatic nitrogens is 3. The monoisotopic (exact) mass is 681 g/mol. The minimum absolute atomic E-state index is 0.161. The van der Waals surface area contributed by atoms with Gasteiger partial charge in [0.25, 0.3) is 0 Å². The van der Waals surface area contributed by atoms with Crippen molar-refractivity contribution >= 4 is 33.0 Å². The van der Waals surface area contributed by atoms with Crippen LogP contribution < -0.4 is 0 Å². The first-order valence-electron chi connectivity index (χ1n) is 17.6. The molecule has 53 heavy (non-hydrogen) atoms. The van der Waals surface area contributed by atoms with Crippen LogP contribution in [-0.4, -0.2) is 19.6 Å². The molecule has 0 aliphatic heterocycles. The Bertz CT molecular complexity index is 2960. The lowest BCUT2D eigenvalue weighted by atomic mass is 9.96. The summed E-state index contributed by atoms with van der Waals surface area (Å²) in [5.74, 6) is 0.803. The summed E-state index contributed by atoms with van der Waals surface area (Å²) in [4.78, 5) is 10.3. The molecule has 0 unspecified atom stereocenters. The number of hydrogen-bond acceptors (Lipinski definition) is 4. The Kier molecular flexibility index (Phi) is 7.22. The van der Waals surface area contributed by atoms with E-state index in [4.69, 9.17) is 14.4 Å². The number of rotatable bonds is 6. The summed E-state index contributed by atoms with van der Waals surface area (Å²) in [5, 5.41) is 13.3. The zero-order valence-electron chi connectivity index (χ0n) is 28.5. The largest absolute Gasteiger partial charge is 0.507 e. The molecule has 0 aliphatic carbocycles. The maximum Gasteiger partial charge on any atom is 0.149 e. The number of fused-ring (bicyclic) bond motifs is 4. The molecule has 7 aromatic carbocycles. The highest BCUT2D eigenvalue weighted by atomic mass is 16.3. The number of imidazole rings is 1. The van der Waals surface area contributed by atoms with Crippen molar-refractivity contribution < 1.29 is 9.52 Å². The van der Waals surface area contributed by atoms with E-state index in [1.807, 2.05) is 66.9 Å². The van der Waals surface area contributed by atoms with Crippen molar-refractivity contribution in [3.8, 4) is 67.5 Å². The summed E-state index contributed by atoms with van der Waals surface area (Å²) in [6.45, 7) is 0. The number of phenolic OH excluding ortho intramolecular Hbond substituents is 1. The summed E-state index contributed by atoms with van der Waals surface area (Å²) in [7, 11) is 0. The summed E-state index contributed by atoms with van der Waals surface area (Å²) < 4.78 is 8.85. The molecule has 0 atom stereocenters. The lowest BCUT2D eigenvalue weighted by Crippen LogP contribution is -2.00. The number of furan rings is 1. The Labute approximate surface area is 305 Å². The van der Waals surface area contributed by atoms with Crippen LogP contribution in [0.15, 0.2) is 187 Å². The number of benzene rings is 7. The molecule has 0 saturated heterocycles. The highest BCUT2D eigenvalue weighted by Gasteiger charge is 2.24. The molecule has 0 bridgehead atoms. The molecule has 3 heterocycles. The topological polar surface area (TPSA) is 64.1 Å². The maximum atomic E-state index is 11.2. The average Bonchev–Trinajstić information content (AvgIpc) is 3.80. The second-order valence-corrected chi connectivity index (χ2v) is 13.1. The molecule has 0 spiro atoms. The zero-order chi connectivity index (χ0) is 35.3. The van der Waals surface area contributed by atoms with Gasteiger partial charge in [-0.05, 0) is 71.3 Å². The second kappa shape index (κ2) is 12.5. The van der Waals surface area contributed by atoms with Crippen molar-refractivity contribution in [3.63, 3.8) is 0 Å². The summed E-state index contributed by atoms with van der Waals surface area (Å²) >= 11 is 0. The first kappa shape index (κ1) is 30.6. The van der Waals surface area contributed by atoms with Crippen LogP contribution >= 0.6 is 0 Å². The van der Waals surface area contributed by atoms with Gasteiger partial charge in [-0.2, -0.15) is 0 Å². The van der Waals surface area contributed by atoms with Crippen LogP contribution in [0.5, 0.6) is 5.75 Å². The van der Waals surface area contributed by atoms with Gasteiger partial charge in [0.05, 0.1) is 28.0 Å². The third-order valence-electron chi connectivity index (χ3n) is 9.99. The van der Waals surface area contributed by atoms with Crippen molar-refractivity contribution in [2.45, 2.75) is 0 Å². The van der Waals surface area contributed by atoms with Gasteiger partial charge < -0.3 is 9.52 Å². The fourth-order valence-electron chi connectivity index (χ4n) is 7.51. The lowest BCUT2D eigenvalue weighted by Gasteiger charge is -2.15. The lowest BCUT2D eigenvalue weighted by molar-refractivity contribution is 0.477. The molecule has 250 valence electrons. The number of nitrogens with zero attached hydrogens (tertiary/aromatic N) is 3. The van der Waals surface area contributed by atoms with Crippen molar-refractivity contribution in [1.82, 2.24) is 14.5 Å². The molecule has 1 N–H and O–H groups in total. The maximum absolute atomic E-state index is 11.2. The van der Waals surface area contributed by atoms with Crippen LogP contribution in [0.3, 0.4) is 0 Å². The molecular formula is C48H31N3O2. The van der Waals surface area contributed by atoms with E-state index in [2.05, 4.69) is 114 Å². The number of hydrogen-bond donors (Lipinski definition) is 1. The second-order valence-electron chi connectivity index (χ2n) is 13.1. The Morgan fingerprint density at radius 1 is 0.491 bits per heavy atom. The normalized spacial score (nSPS) is 11.5. The minimum atomic E-state index is 0.161. The highest BCUT2D eigenvalue weighted by molar-refractivity contribution is 6.13. The van der Waals surface area contributed by atoms with E-state index in [1.54, 1.807) is 6.07 Å². The van der Waals surface area contributed by atoms with E-state index < -0.39 is 0 Å². The SMILES string of the molecule is Oc1ccccc1-c1nc2c(-c3cc(-c4cc(-c5ccccc5)ccn4)cc4c3oc3ccccc34)cccc2n1-c1ccccc1-c1ccccc1. The highest BCUT2D eigenvalue weighted by Crippen LogP contribution is 2.44. The van der Waals surface area contributed by atoms with Gasteiger partial charge in [-0.25, -0.2) is 4.98 Å². The standard InChI is InChI=1S/C48H31N3O2/c52-44-24-11-8-20-38(44)48-50-46-37(21-13-23-43(46)51(48)42-22-10-7-18-35(42)32-16-5-2-6-17-32)40-29-34(28-39-36-19-9-12-25-45(36)53-47(39)40)41-30-33(26-27-49-41)31-14-3-1-4-15-31/h1-30,52H. The van der Waals surface area contributed by atoms with Crippen LogP contribution in [-0.2, 0) is 0 Å². The molecule has 5 nitrogen and oxygen atoms in total. The molecule has 3 aromatic heterocycles. The van der Waals surface area contributed by atoms with Gasteiger partial charge in [-0.15, -0.1) is 0 Å². The van der Waals surface area contributed by atoms with Crippen molar-refractivity contribution in [3.05, 3.63) is 182 Å². The molecule has 5 heteroatoms. The molecule has 0 fully saturated rings. The number of para-hydroxylation sites is 4. The number of pyridine rings is 1. The number of phenols is 1. The first-order valence-corrected chi connectivity index (χ1v) is 17.6. The Morgan fingerprint density at radius 3 is 2.02 bits per heavy atom. The first-order chi connectivity index (χ1) is 26.2. The quantitative estimate of drug-likeness (QED) is 0.190. The van der Waals surface area contributed by atoms with Crippen molar-refractivity contribution in [2.24, 2.45) is 0 Å². The molecular weight excluding hydrogens is 651 g/mol. The Hall–Kier alpha value is -7.24. The molecule has 0 saturated carbocycles. The van der Waals surface area contributed by atoms with Gasteiger partial charge in [-0.3, -0.25) is 9.55 Å². The van der Waals surface area contributed by atoms with Gasteiger partial charge in [0.2, 0.25) is 0 Å². The minimum Gasteiger partial charge on any atom is -0.507 e. The van der Waals surface area contributed by atoms with E-state index in [9.17, 15) is 5.11 Å². The summed E-state index contributed by atoms with van der Waals surface area (Å²) in [6, 6.07) is 59.5. The van der Waals surface area contributed by atoms with Gasteiger partial charge >= 0.3 is 0 Å². The molecule has 10 rings (SSSR count). The predicted octanol–water partition coefficient (Wildman–Crippen LogP) is 12.4. The van der Waals surface area contributed by atoms with Crippen molar-refractivity contribution in [1.29, 1.82) is 0 Å². The smallest absolute Gasteiger partial charge is 0.149 e. The Morgan fingerprint density at radius 2 is 1.19 bits per heavy atom. The molecule has 0 amide bonds. The number of aromatic hydroxyl groups is 1. The third kappa shape index (κ3) is 5.17. The molecule has 0 radical (unpaired) electrons. The van der Waals surface area contributed by atoms with Crippen LogP contribution in [0, 0.1) is 0 Å².